The molecule has 4 fully saturated rings. The number of hydrogen-bond acceptors (Lipinski definition) is 12. The largest absolute Gasteiger partial charge is 0.352 e. The summed E-state index contributed by atoms with van der Waals surface area (Å²) >= 11 is 0. The van der Waals surface area contributed by atoms with Crippen molar-refractivity contribution < 1.29 is 47.1 Å². The van der Waals surface area contributed by atoms with E-state index in [2.05, 4.69) is 41.9 Å². The van der Waals surface area contributed by atoms with Gasteiger partial charge in [-0.15, -0.1) is 0 Å². The van der Waals surface area contributed by atoms with Gasteiger partial charge in [0.1, 0.15) is 23.7 Å². The van der Waals surface area contributed by atoms with Crippen LogP contribution >= 0.6 is 0 Å². The quantitative estimate of drug-likeness (QED) is 0.0249. The van der Waals surface area contributed by atoms with E-state index in [1.54, 1.807) is 58.6 Å². The Morgan fingerprint density at radius 2 is 0.849 bits per heavy atom. The van der Waals surface area contributed by atoms with E-state index < -0.39 is 23.7 Å². The van der Waals surface area contributed by atoms with E-state index in [4.69, 9.17) is 0 Å². The summed E-state index contributed by atoms with van der Waals surface area (Å²) in [5, 5.41) is 18.1. The normalized spacial score (nSPS) is 18.6. The van der Waals surface area contributed by atoms with Crippen molar-refractivity contribution in [3.8, 4) is 11.1 Å². The highest BCUT2D eigenvalue weighted by Gasteiger charge is 2.38. The summed E-state index contributed by atoms with van der Waals surface area (Å²) in [5.74, 6) is -2.95. The van der Waals surface area contributed by atoms with Crippen molar-refractivity contribution in [2.45, 2.75) is 113 Å². The fraction of sp³-hybridized carbons (Fsp3) is 0.364. The third kappa shape index (κ3) is 14.8. The van der Waals surface area contributed by atoms with Crippen LogP contribution in [-0.4, -0.2) is 130 Å². The molecule has 6 heterocycles. The number of likely N-dealkylation sites (tertiary alicyclic amines) is 2. The first-order chi connectivity index (χ1) is 41.8. The molecule has 0 saturated carbocycles. The van der Waals surface area contributed by atoms with Gasteiger partial charge < -0.3 is 41.7 Å². The molecule has 2 aromatic heterocycles. The van der Waals surface area contributed by atoms with Gasteiger partial charge in [-0.05, 0) is 197 Å². The highest BCUT2D eigenvalue weighted by molar-refractivity contribution is 6.09. The lowest BCUT2D eigenvalue weighted by atomic mass is 9.99. The molecule has 0 unspecified atom stereocenters. The van der Waals surface area contributed by atoms with Crippen LogP contribution in [0.2, 0.25) is 0 Å². The van der Waals surface area contributed by atoms with Crippen molar-refractivity contribution in [3.63, 3.8) is 0 Å². The van der Waals surface area contributed by atoms with Crippen molar-refractivity contribution in [2.24, 2.45) is 0 Å². The molecule has 0 spiro atoms. The van der Waals surface area contributed by atoms with E-state index in [0.29, 0.717) is 135 Å². The zero-order chi connectivity index (χ0) is 60.1. The van der Waals surface area contributed by atoms with Gasteiger partial charge >= 0.3 is 0 Å². The molecule has 86 heavy (non-hydrogen) atoms. The average molecular weight is 1170 g/mol. The number of benzene rings is 4. The van der Waals surface area contributed by atoms with E-state index in [-0.39, 0.29) is 71.2 Å². The van der Waals surface area contributed by atoms with Crippen molar-refractivity contribution in [1.29, 1.82) is 0 Å². The van der Waals surface area contributed by atoms with Gasteiger partial charge in [-0.25, -0.2) is 8.78 Å². The summed E-state index contributed by atoms with van der Waals surface area (Å²) < 4.78 is 27.1. The molecule has 446 valence electrons. The highest BCUT2D eigenvalue weighted by Crippen LogP contribution is 2.35. The molecule has 10 rings (SSSR count). The number of halogens is 2. The van der Waals surface area contributed by atoms with Crippen LogP contribution in [0.4, 0.5) is 8.78 Å². The predicted molar refractivity (Wildman–Crippen MR) is 316 cm³/mol. The van der Waals surface area contributed by atoms with Crippen molar-refractivity contribution in [3.05, 3.63) is 190 Å². The number of aromatic nitrogens is 2. The molecule has 4 aliphatic rings. The Morgan fingerprint density at radius 3 is 1.21 bits per heavy atom. The van der Waals surface area contributed by atoms with E-state index in [0.717, 1.165) is 37.1 Å². The third-order valence-corrected chi connectivity index (χ3v) is 16.6. The molecular formula is C66H70F2N10O8. The Hall–Kier alpha value is -8.88. The smallest absolute Gasteiger partial charge is 0.251 e. The van der Waals surface area contributed by atoms with Gasteiger partial charge in [0, 0.05) is 84.3 Å². The van der Waals surface area contributed by atoms with E-state index in [1.807, 2.05) is 24.3 Å². The number of ketones is 2. The van der Waals surface area contributed by atoms with Crippen molar-refractivity contribution >= 4 is 47.0 Å². The molecule has 6 aromatic rings. The Kier molecular flexibility index (Phi) is 19.9. The van der Waals surface area contributed by atoms with E-state index >= 15 is 0 Å². The number of pyridine rings is 2. The molecule has 0 aliphatic carbocycles. The van der Waals surface area contributed by atoms with Crippen LogP contribution in [0.5, 0.6) is 0 Å². The second-order valence-corrected chi connectivity index (χ2v) is 22.4. The standard InChI is InChI=1S/C66H70F2N10O8/c67-51-23-19-43(20-24-51)59(79)49-35-47(37-69-39-49)57-9-5-33-77(57)65(85)55(75-63(83)53-27-31-71-53)7-1-3-29-73-61(81)45-15-11-41(12-16-45)42-13-17-46(18-14-42)62(82)74-30-4-2-8-56(76-64(84)54-28-32-72-54)66(86)78-34-6-10-58(78)48-36-50(40-70-38-48)60(80)44-21-25-52(68)26-22-44/h11-26,35-40,53-58,71-72H,1-10,27-34H2,(H,73,81)(H,74,82)(H,75,83)(H,76,84)/t53-,54-,55-,56-,57-,58-/m0/s1. The summed E-state index contributed by atoms with van der Waals surface area (Å²) in [5.41, 5.74) is 5.32. The summed E-state index contributed by atoms with van der Waals surface area (Å²) in [6, 6.07) is 25.3. The number of hydrogen-bond donors (Lipinski definition) is 6. The second-order valence-electron chi connectivity index (χ2n) is 22.4. The Bertz CT molecular complexity index is 3210. The first-order valence-electron chi connectivity index (χ1n) is 29.7. The molecule has 0 bridgehead atoms. The molecular weight excluding hydrogens is 1100 g/mol. The van der Waals surface area contributed by atoms with Gasteiger partial charge in [0.25, 0.3) is 11.8 Å². The van der Waals surface area contributed by atoms with Crippen LogP contribution < -0.4 is 31.9 Å². The second kappa shape index (κ2) is 28.3. The van der Waals surface area contributed by atoms with E-state index in [9.17, 15) is 47.1 Å². The number of unbranched alkanes of at least 4 members (excludes halogenated alkanes) is 2. The van der Waals surface area contributed by atoms with Crippen LogP contribution in [0.1, 0.15) is 153 Å². The van der Waals surface area contributed by atoms with Gasteiger partial charge in [-0.1, -0.05) is 24.3 Å². The first kappa shape index (κ1) is 60.2. The molecule has 20 heteroatoms. The average Bonchev–Trinajstić information content (AvgIpc) is 3.21. The number of carbonyl (C=O) groups excluding carboxylic acids is 8. The lowest BCUT2D eigenvalue weighted by Gasteiger charge is -2.32. The van der Waals surface area contributed by atoms with Crippen LogP contribution in [0, 0.1) is 11.6 Å². The molecule has 4 aromatic carbocycles. The predicted octanol–water partition coefficient (Wildman–Crippen LogP) is 7.10. The number of nitrogens with one attached hydrogen (secondary N) is 6. The third-order valence-electron chi connectivity index (χ3n) is 16.6. The maximum atomic E-state index is 14.3. The summed E-state index contributed by atoms with van der Waals surface area (Å²) in [6.07, 6.45) is 13.2. The summed E-state index contributed by atoms with van der Waals surface area (Å²) in [7, 11) is 0. The number of amides is 6. The minimum absolute atomic E-state index is 0.221. The molecule has 6 N–H and O–H groups in total. The zero-order valence-electron chi connectivity index (χ0n) is 47.7. The molecule has 4 aliphatic heterocycles. The minimum atomic E-state index is -0.801. The Labute approximate surface area is 497 Å². The van der Waals surface area contributed by atoms with Crippen molar-refractivity contribution in [2.75, 3.05) is 39.3 Å². The lowest BCUT2D eigenvalue weighted by molar-refractivity contribution is -0.138. The fourth-order valence-corrected chi connectivity index (χ4v) is 11.5. The molecule has 4 saturated heterocycles. The summed E-state index contributed by atoms with van der Waals surface area (Å²) in [4.78, 5) is 120. The fourth-order valence-electron chi connectivity index (χ4n) is 11.5. The van der Waals surface area contributed by atoms with E-state index in [1.165, 1.54) is 60.9 Å². The van der Waals surface area contributed by atoms with Gasteiger partial charge in [-0.3, -0.25) is 48.3 Å². The van der Waals surface area contributed by atoms with Gasteiger partial charge in [0.05, 0.1) is 24.2 Å². The molecule has 18 nitrogen and oxygen atoms in total. The topological polar surface area (TPSA) is 241 Å². The lowest BCUT2D eigenvalue weighted by Crippen LogP contribution is -2.57. The first-order valence-corrected chi connectivity index (χ1v) is 29.7. The number of nitrogens with zero attached hydrogens (tertiary/aromatic N) is 4. The van der Waals surface area contributed by atoms with Crippen LogP contribution in [-0.2, 0) is 19.2 Å². The number of carbonyl (C=O) groups is 8. The zero-order valence-corrected chi connectivity index (χ0v) is 47.7. The number of rotatable bonds is 25. The molecule has 6 amide bonds. The monoisotopic (exact) mass is 1170 g/mol. The SMILES string of the molecule is O=C(NCCCC[C@H](NC(=O)[C@@H]1CCN1)C(=O)N1CCC[C@H]1c1cncc(C(=O)c2ccc(F)cc2)c1)c1ccc(-c2ccc(C(=O)NCCCC[C@H](NC(=O)[C@@H]3CCN3)C(=O)N3CCC[C@H]3c3cncc(C(=O)c4ccc(F)cc4)c3)cc2)cc1. The van der Waals surface area contributed by atoms with Crippen LogP contribution in [0.3, 0.4) is 0 Å². The van der Waals surface area contributed by atoms with Gasteiger partial charge in [0.15, 0.2) is 11.6 Å². The summed E-state index contributed by atoms with van der Waals surface area (Å²) in [6.45, 7) is 3.07. The van der Waals surface area contributed by atoms with Crippen LogP contribution in [0.15, 0.2) is 134 Å². The maximum Gasteiger partial charge on any atom is 0.251 e. The van der Waals surface area contributed by atoms with Gasteiger partial charge in [-0.2, -0.15) is 0 Å². The molecule has 0 radical (unpaired) electrons. The maximum absolute atomic E-state index is 14.3. The van der Waals surface area contributed by atoms with Gasteiger partial charge in [0.2, 0.25) is 23.6 Å². The Morgan fingerprint density at radius 1 is 0.477 bits per heavy atom. The van der Waals surface area contributed by atoms with Crippen molar-refractivity contribution in [1.82, 2.24) is 51.7 Å². The Balaban J connectivity index is 0.670. The van der Waals surface area contributed by atoms with Crippen LogP contribution in [0.25, 0.3) is 11.1 Å². The highest BCUT2D eigenvalue weighted by atomic mass is 19.1. The minimum Gasteiger partial charge on any atom is -0.352 e. The molecule has 6 atom stereocenters.